The number of halogens is 1. The number of hydrogen-bond donors (Lipinski definition) is 1. The predicted octanol–water partition coefficient (Wildman–Crippen LogP) is 5.75. The van der Waals surface area contributed by atoms with Crippen molar-refractivity contribution in [3.63, 3.8) is 0 Å². The summed E-state index contributed by atoms with van der Waals surface area (Å²) in [5.41, 5.74) is 3.53. The molecule has 0 saturated heterocycles. The molecule has 0 atom stereocenters. The zero-order chi connectivity index (χ0) is 13.9. The first-order valence-corrected chi connectivity index (χ1v) is 8.28. The highest BCUT2D eigenvalue weighted by molar-refractivity contribution is 9.10. The maximum atomic E-state index is 4.65. The summed E-state index contributed by atoms with van der Waals surface area (Å²) >= 11 is 5.17. The molecule has 0 aliphatic carbocycles. The molecule has 1 heterocycles. The van der Waals surface area contributed by atoms with Crippen molar-refractivity contribution < 1.29 is 0 Å². The van der Waals surface area contributed by atoms with Crippen molar-refractivity contribution in [3.05, 3.63) is 52.5 Å². The highest BCUT2D eigenvalue weighted by Crippen LogP contribution is 2.31. The summed E-state index contributed by atoms with van der Waals surface area (Å²) in [6.45, 7) is 2.20. The van der Waals surface area contributed by atoms with Crippen LogP contribution in [0.1, 0.15) is 18.9 Å². The van der Waals surface area contributed by atoms with Gasteiger partial charge in [0.2, 0.25) is 0 Å². The lowest BCUT2D eigenvalue weighted by molar-refractivity contribution is 0.923. The van der Waals surface area contributed by atoms with E-state index in [0.29, 0.717) is 0 Å². The number of hydrogen-bond acceptors (Lipinski definition) is 3. The Morgan fingerprint density at radius 3 is 2.90 bits per heavy atom. The molecule has 0 unspecified atom stereocenters. The van der Waals surface area contributed by atoms with Crippen LogP contribution >= 0.6 is 27.3 Å². The standard InChI is InChI=1S/C16H15BrN2S/c1-2-5-11-6-3-4-7-13(11)18-16-19-14-10-12(17)8-9-15(14)20-16/h3-4,6-10H,2,5H2,1H3,(H,18,19). The minimum absolute atomic E-state index is 0.946. The van der Waals surface area contributed by atoms with E-state index >= 15 is 0 Å². The van der Waals surface area contributed by atoms with Crippen molar-refractivity contribution in [2.24, 2.45) is 0 Å². The second-order valence-corrected chi connectivity index (χ2v) is 6.61. The zero-order valence-corrected chi connectivity index (χ0v) is 13.6. The number of para-hydroxylation sites is 1. The number of anilines is 2. The fraction of sp³-hybridized carbons (Fsp3) is 0.188. The maximum absolute atomic E-state index is 4.65. The van der Waals surface area contributed by atoms with Gasteiger partial charge in [0.05, 0.1) is 10.2 Å². The van der Waals surface area contributed by atoms with Gasteiger partial charge in [0, 0.05) is 10.2 Å². The summed E-state index contributed by atoms with van der Waals surface area (Å²) in [7, 11) is 0. The lowest BCUT2D eigenvalue weighted by atomic mass is 10.1. The van der Waals surface area contributed by atoms with Gasteiger partial charge in [-0.05, 0) is 36.2 Å². The second-order valence-electron chi connectivity index (χ2n) is 4.66. The van der Waals surface area contributed by atoms with Crippen LogP contribution in [0.5, 0.6) is 0 Å². The minimum atomic E-state index is 0.946. The fourth-order valence-corrected chi connectivity index (χ4v) is 3.41. The first-order valence-electron chi connectivity index (χ1n) is 6.67. The monoisotopic (exact) mass is 346 g/mol. The third-order valence-electron chi connectivity index (χ3n) is 3.13. The van der Waals surface area contributed by atoms with Gasteiger partial charge in [0.25, 0.3) is 0 Å². The predicted molar refractivity (Wildman–Crippen MR) is 91.0 cm³/mol. The van der Waals surface area contributed by atoms with Gasteiger partial charge in [-0.1, -0.05) is 58.8 Å². The average molecular weight is 347 g/mol. The summed E-state index contributed by atoms with van der Waals surface area (Å²) in [6, 6.07) is 14.6. The van der Waals surface area contributed by atoms with Gasteiger partial charge in [-0.15, -0.1) is 0 Å². The molecule has 0 aliphatic rings. The number of rotatable bonds is 4. The Morgan fingerprint density at radius 1 is 1.20 bits per heavy atom. The van der Waals surface area contributed by atoms with E-state index in [-0.39, 0.29) is 0 Å². The number of benzene rings is 2. The van der Waals surface area contributed by atoms with Crippen LogP contribution < -0.4 is 5.32 Å². The number of fused-ring (bicyclic) bond motifs is 1. The molecule has 4 heteroatoms. The van der Waals surface area contributed by atoms with Gasteiger partial charge in [-0.3, -0.25) is 0 Å². The molecule has 0 bridgehead atoms. The first kappa shape index (κ1) is 13.6. The van der Waals surface area contributed by atoms with Gasteiger partial charge >= 0.3 is 0 Å². The molecule has 0 radical (unpaired) electrons. The average Bonchev–Trinajstić information content (AvgIpc) is 2.82. The molecule has 3 rings (SSSR count). The van der Waals surface area contributed by atoms with Crippen LogP contribution in [-0.2, 0) is 6.42 Å². The molecule has 0 saturated carbocycles. The van der Waals surface area contributed by atoms with Crippen LogP contribution in [0.15, 0.2) is 46.9 Å². The lowest BCUT2D eigenvalue weighted by Gasteiger charge is -2.08. The topological polar surface area (TPSA) is 24.9 Å². The van der Waals surface area contributed by atoms with Crippen LogP contribution in [0.3, 0.4) is 0 Å². The lowest BCUT2D eigenvalue weighted by Crippen LogP contribution is -1.95. The van der Waals surface area contributed by atoms with E-state index in [2.05, 4.69) is 75.6 Å². The Hall–Kier alpha value is -1.39. The summed E-state index contributed by atoms with van der Waals surface area (Å²) in [5, 5.41) is 4.40. The van der Waals surface area contributed by atoms with E-state index in [1.54, 1.807) is 11.3 Å². The van der Waals surface area contributed by atoms with Gasteiger partial charge in [0.1, 0.15) is 0 Å². The van der Waals surface area contributed by atoms with Crippen molar-refractivity contribution in [1.82, 2.24) is 4.98 Å². The quantitative estimate of drug-likeness (QED) is 0.649. The van der Waals surface area contributed by atoms with E-state index in [4.69, 9.17) is 0 Å². The fourth-order valence-electron chi connectivity index (χ4n) is 2.20. The van der Waals surface area contributed by atoms with Crippen LogP contribution in [0.2, 0.25) is 0 Å². The normalized spacial score (nSPS) is 10.9. The van der Waals surface area contributed by atoms with Crippen molar-refractivity contribution >= 4 is 48.3 Å². The largest absolute Gasteiger partial charge is 0.331 e. The smallest absolute Gasteiger partial charge is 0.188 e. The number of thiazole rings is 1. The molecular formula is C16H15BrN2S. The summed E-state index contributed by atoms with van der Waals surface area (Å²) in [5.74, 6) is 0. The molecule has 0 spiro atoms. The zero-order valence-electron chi connectivity index (χ0n) is 11.2. The number of aromatic nitrogens is 1. The van der Waals surface area contributed by atoms with Gasteiger partial charge < -0.3 is 5.32 Å². The van der Waals surface area contributed by atoms with Crippen molar-refractivity contribution in [3.8, 4) is 0 Å². The number of aryl methyl sites for hydroxylation is 1. The Bertz CT molecular complexity index is 736. The summed E-state index contributed by atoms with van der Waals surface area (Å²) in [6.07, 6.45) is 2.23. The first-order chi connectivity index (χ1) is 9.76. The van der Waals surface area contributed by atoms with Crippen LogP contribution in [0, 0.1) is 0 Å². The SMILES string of the molecule is CCCc1ccccc1Nc1nc2cc(Br)ccc2s1. The molecule has 0 amide bonds. The molecule has 2 nitrogen and oxygen atoms in total. The van der Waals surface area contributed by atoms with E-state index in [1.807, 2.05) is 0 Å². The van der Waals surface area contributed by atoms with Gasteiger partial charge in [-0.25, -0.2) is 4.98 Å². The molecule has 102 valence electrons. The number of nitrogens with one attached hydrogen (secondary N) is 1. The molecule has 3 aromatic rings. The second kappa shape index (κ2) is 5.94. The molecule has 2 aromatic carbocycles. The summed E-state index contributed by atoms with van der Waals surface area (Å²) in [4.78, 5) is 4.65. The highest BCUT2D eigenvalue weighted by Gasteiger charge is 2.06. The summed E-state index contributed by atoms with van der Waals surface area (Å²) < 4.78 is 2.26. The molecule has 0 aliphatic heterocycles. The molecule has 20 heavy (non-hydrogen) atoms. The van der Waals surface area contributed by atoms with E-state index in [1.165, 1.54) is 10.3 Å². The van der Waals surface area contributed by atoms with Gasteiger partial charge in [-0.2, -0.15) is 0 Å². The molecule has 0 fully saturated rings. The Labute approximate surface area is 131 Å². The third-order valence-corrected chi connectivity index (χ3v) is 4.57. The van der Waals surface area contributed by atoms with E-state index < -0.39 is 0 Å². The molecule has 1 N–H and O–H groups in total. The Morgan fingerprint density at radius 2 is 2.05 bits per heavy atom. The van der Waals surface area contributed by atoms with Crippen molar-refractivity contribution in [1.29, 1.82) is 0 Å². The van der Waals surface area contributed by atoms with Crippen LogP contribution in [-0.4, -0.2) is 4.98 Å². The van der Waals surface area contributed by atoms with Crippen molar-refractivity contribution in [2.45, 2.75) is 19.8 Å². The highest BCUT2D eigenvalue weighted by atomic mass is 79.9. The third kappa shape index (κ3) is 2.86. The van der Waals surface area contributed by atoms with Crippen LogP contribution in [0.4, 0.5) is 10.8 Å². The molecular weight excluding hydrogens is 332 g/mol. The van der Waals surface area contributed by atoms with E-state index in [9.17, 15) is 0 Å². The van der Waals surface area contributed by atoms with E-state index in [0.717, 1.165) is 33.7 Å². The maximum Gasteiger partial charge on any atom is 0.188 e. The Kier molecular flexibility index (Phi) is 4.03. The van der Waals surface area contributed by atoms with Crippen molar-refractivity contribution in [2.75, 3.05) is 5.32 Å². The minimum Gasteiger partial charge on any atom is -0.331 e. The van der Waals surface area contributed by atoms with Gasteiger partial charge in [0.15, 0.2) is 5.13 Å². The molecule has 1 aromatic heterocycles. The van der Waals surface area contributed by atoms with Crippen LogP contribution in [0.25, 0.3) is 10.2 Å². The number of nitrogens with zero attached hydrogens (tertiary/aromatic N) is 1. The Balaban J connectivity index is 1.93.